The lowest BCUT2D eigenvalue weighted by Gasteiger charge is -2.12. The van der Waals surface area contributed by atoms with E-state index in [1.807, 2.05) is 0 Å². The van der Waals surface area contributed by atoms with Crippen LogP contribution in [0.2, 0.25) is 0 Å². The zero-order chi connectivity index (χ0) is 8.85. The summed E-state index contributed by atoms with van der Waals surface area (Å²) < 4.78 is 4.49. The monoisotopic (exact) mass is 159 g/mol. The second-order valence-corrected chi connectivity index (χ2v) is 2.88. The van der Waals surface area contributed by atoms with Gasteiger partial charge in [0.1, 0.15) is 6.04 Å². The third kappa shape index (κ3) is 3.98. The zero-order valence-electron chi connectivity index (χ0n) is 7.46. The molecule has 11 heavy (non-hydrogen) atoms. The summed E-state index contributed by atoms with van der Waals surface area (Å²) in [7, 11) is 1.36. The lowest BCUT2D eigenvalue weighted by atomic mass is 10.0. The molecular weight excluding hydrogens is 142 g/mol. The predicted octanol–water partition coefficient (Wildman–Crippen LogP) is 0.923. The summed E-state index contributed by atoms with van der Waals surface area (Å²) in [6, 6.07) is -0.449. The Morgan fingerprint density at radius 3 is 2.55 bits per heavy atom. The first-order chi connectivity index (χ1) is 5.11. The molecule has 0 saturated heterocycles. The average molecular weight is 159 g/mol. The van der Waals surface area contributed by atoms with Crippen LogP contribution in [0.1, 0.15) is 26.7 Å². The van der Waals surface area contributed by atoms with Crippen LogP contribution in [0.4, 0.5) is 0 Å². The number of carbonyl (C=O) groups excluding carboxylic acids is 1. The molecule has 0 aliphatic rings. The maximum atomic E-state index is 10.8. The number of esters is 1. The number of carbonyl (C=O) groups is 1. The molecular formula is C8H17NO2. The zero-order valence-corrected chi connectivity index (χ0v) is 7.46. The number of hydrogen-bond acceptors (Lipinski definition) is 3. The fourth-order valence-corrected chi connectivity index (χ4v) is 0.848. The van der Waals surface area contributed by atoms with Gasteiger partial charge >= 0.3 is 5.97 Å². The van der Waals surface area contributed by atoms with E-state index in [9.17, 15) is 4.79 Å². The largest absolute Gasteiger partial charge is 0.468 e. The van der Waals surface area contributed by atoms with Gasteiger partial charge in [0.05, 0.1) is 7.11 Å². The first-order valence-corrected chi connectivity index (χ1v) is 3.95. The summed E-state index contributed by atoms with van der Waals surface area (Å²) in [5.74, 6) is 0.175. The lowest BCUT2D eigenvalue weighted by Crippen LogP contribution is -2.33. The Bertz CT molecular complexity index is 125. The van der Waals surface area contributed by atoms with Crippen LogP contribution in [-0.4, -0.2) is 19.1 Å². The Balaban J connectivity index is 3.67. The fourth-order valence-electron chi connectivity index (χ4n) is 0.848. The molecule has 0 fully saturated rings. The first kappa shape index (κ1) is 10.4. The van der Waals surface area contributed by atoms with Crippen LogP contribution in [0.15, 0.2) is 0 Å². The van der Waals surface area contributed by atoms with Crippen LogP contribution in [0.3, 0.4) is 0 Å². The van der Waals surface area contributed by atoms with Crippen LogP contribution < -0.4 is 5.73 Å². The molecule has 0 rings (SSSR count). The van der Waals surface area contributed by atoms with Gasteiger partial charge in [0.15, 0.2) is 0 Å². The number of ether oxygens (including phenoxy) is 1. The van der Waals surface area contributed by atoms with Crippen molar-refractivity contribution in [3.8, 4) is 0 Å². The quantitative estimate of drug-likeness (QED) is 0.621. The van der Waals surface area contributed by atoms with Gasteiger partial charge in [0, 0.05) is 0 Å². The van der Waals surface area contributed by atoms with Gasteiger partial charge in [0.2, 0.25) is 0 Å². The van der Waals surface area contributed by atoms with E-state index in [-0.39, 0.29) is 5.97 Å². The van der Waals surface area contributed by atoms with Gasteiger partial charge in [0.25, 0.3) is 0 Å². The molecule has 0 bridgehead atoms. The molecule has 2 atom stereocenters. The number of rotatable bonds is 4. The molecule has 0 unspecified atom stereocenters. The summed E-state index contributed by atoms with van der Waals surface area (Å²) in [5.41, 5.74) is 5.53. The summed E-state index contributed by atoms with van der Waals surface area (Å²) in [5, 5.41) is 0. The van der Waals surface area contributed by atoms with E-state index in [1.165, 1.54) is 7.11 Å². The molecule has 0 spiro atoms. The van der Waals surface area contributed by atoms with E-state index in [0.717, 1.165) is 6.42 Å². The van der Waals surface area contributed by atoms with E-state index >= 15 is 0 Å². The van der Waals surface area contributed by atoms with Crippen molar-refractivity contribution in [2.75, 3.05) is 7.11 Å². The van der Waals surface area contributed by atoms with Gasteiger partial charge in [-0.15, -0.1) is 0 Å². The molecule has 0 aliphatic heterocycles. The molecule has 3 heteroatoms. The van der Waals surface area contributed by atoms with Crippen LogP contribution in [0.25, 0.3) is 0 Å². The Hall–Kier alpha value is -0.570. The van der Waals surface area contributed by atoms with Crippen LogP contribution in [0.5, 0.6) is 0 Å². The smallest absolute Gasteiger partial charge is 0.322 e. The molecule has 0 aromatic rings. The molecule has 66 valence electrons. The lowest BCUT2D eigenvalue weighted by molar-refractivity contribution is -0.142. The minimum atomic E-state index is -0.449. The fraction of sp³-hybridized carbons (Fsp3) is 0.875. The molecule has 0 amide bonds. The van der Waals surface area contributed by atoms with Gasteiger partial charge < -0.3 is 10.5 Å². The highest BCUT2D eigenvalue weighted by Gasteiger charge is 2.15. The number of methoxy groups -OCH3 is 1. The maximum Gasteiger partial charge on any atom is 0.322 e. The van der Waals surface area contributed by atoms with Crippen molar-refractivity contribution in [2.24, 2.45) is 11.7 Å². The molecule has 0 aromatic heterocycles. The average Bonchev–Trinajstić information content (AvgIpc) is 2.02. The SMILES string of the molecule is CC[C@H](C)C[C@@H](N)C(=O)OC. The van der Waals surface area contributed by atoms with Crippen molar-refractivity contribution in [1.82, 2.24) is 0 Å². The van der Waals surface area contributed by atoms with Gasteiger partial charge in [-0.2, -0.15) is 0 Å². The van der Waals surface area contributed by atoms with Gasteiger partial charge in [-0.1, -0.05) is 20.3 Å². The highest BCUT2D eigenvalue weighted by Crippen LogP contribution is 2.08. The van der Waals surface area contributed by atoms with Gasteiger partial charge in [-0.25, -0.2) is 0 Å². The summed E-state index contributed by atoms with van der Waals surface area (Å²) in [6.07, 6.45) is 1.76. The van der Waals surface area contributed by atoms with Crippen molar-refractivity contribution in [3.63, 3.8) is 0 Å². The highest BCUT2D eigenvalue weighted by atomic mass is 16.5. The minimum Gasteiger partial charge on any atom is -0.468 e. The third-order valence-corrected chi connectivity index (χ3v) is 1.86. The normalized spacial score (nSPS) is 15.6. The van der Waals surface area contributed by atoms with Crippen molar-refractivity contribution < 1.29 is 9.53 Å². The standard InChI is InChI=1S/C8H17NO2/c1-4-6(2)5-7(9)8(10)11-3/h6-7H,4-5,9H2,1-3H3/t6-,7+/m0/s1. The van der Waals surface area contributed by atoms with Crippen LogP contribution in [0, 0.1) is 5.92 Å². The molecule has 3 nitrogen and oxygen atoms in total. The Kier molecular flexibility index (Phi) is 4.86. The van der Waals surface area contributed by atoms with E-state index < -0.39 is 6.04 Å². The molecule has 0 aromatic carbocycles. The Morgan fingerprint density at radius 2 is 2.18 bits per heavy atom. The minimum absolute atomic E-state index is 0.315. The molecule has 0 radical (unpaired) electrons. The predicted molar refractivity (Wildman–Crippen MR) is 44.1 cm³/mol. The van der Waals surface area contributed by atoms with Crippen LogP contribution in [-0.2, 0) is 9.53 Å². The Morgan fingerprint density at radius 1 is 1.64 bits per heavy atom. The highest BCUT2D eigenvalue weighted by molar-refractivity contribution is 5.75. The topological polar surface area (TPSA) is 52.3 Å². The van der Waals surface area contributed by atoms with E-state index in [1.54, 1.807) is 0 Å². The maximum absolute atomic E-state index is 10.8. The molecule has 2 N–H and O–H groups in total. The second-order valence-electron chi connectivity index (χ2n) is 2.88. The molecule has 0 saturated carbocycles. The van der Waals surface area contributed by atoms with Gasteiger partial charge in [-0.05, 0) is 12.3 Å². The van der Waals surface area contributed by atoms with Crippen molar-refractivity contribution >= 4 is 5.97 Å². The molecule has 0 aliphatic carbocycles. The van der Waals surface area contributed by atoms with Gasteiger partial charge in [-0.3, -0.25) is 4.79 Å². The van der Waals surface area contributed by atoms with E-state index in [0.29, 0.717) is 12.3 Å². The Labute approximate surface area is 67.9 Å². The van der Waals surface area contributed by atoms with E-state index in [4.69, 9.17) is 5.73 Å². The van der Waals surface area contributed by atoms with Crippen molar-refractivity contribution in [3.05, 3.63) is 0 Å². The number of nitrogens with two attached hydrogens (primary N) is 1. The molecule has 0 heterocycles. The van der Waals surface area contributed by atoms with Crippen molar-refractivity contribution in [2.45, 2.75) is 32.7 Å². The van der Waals surface area contributed by atoms with Crippen LogP contribution >= 0.6 is 0 Å². The van der Waals surface area contributed by atoms with E-state index in [2.05, 4.69) is 18.6 Å². The summed E-state index contributed by atoms with van der Waals surface area (Å²) >= 11 is 0. The van der Waals surface area contributed by atoms with Crippen molar-refractivity contribution in [1.29, 1.82) is 0 Å². The first-order valence-electron chi connectivity index (χ1n) is 3.95. The third-order valence-electron chi connectivity index (χ3n) is 1.86. The summed E-state index contributed by atoms with van der Waals surface area (Å²) in [6.45, 7) is 4.15. The summed E-state index contributed by atoms with van der Waals surface area (Å²) in [4.78, 5) is 10.8. The second kappa shape index (κ2) is 5.13. The number of hydrogen-bond donors (Lipinski definition) is 1.